The largest absolute Gasteiger partial charge is 0.491 e. The van der Waals surface area contributed by atoms with E-state index < -0.39 is 9.84 Å². The number of ether oxygens (including phenoxy) is 1. The van der Waals surface area contributed by atoms with Crippen LogP contribution in [0.2, 0.25) is 0 Å². The lowest BCUT2D eigenvalue weighted by atomic mass is 10.1. The summed E-state index contributed by atoms with van der Waals surface area (Å²) in [5, 5.41) is 12.4. The smallest absolute Gasteiger partial charge is 0.330 e. The van der Waals surface area contributed by atoms with E-state index in [1.807, 2.05) is 0 Å². The zero-order valence-electron chi connectivity index (χ0n) is 17.5. The molecule has 3 heterocycles. The second kappa shape index (κ2) is 7.75. The third kappa shape index (κ3) is 3.60. The third-order valence-electron chi connectivity index (χ3n) is 5.47. The number of hydrogen-bond donors (Lipinski definition) is 1. The van der Waals surface area contributed by atoms with Gasteiger partial charge in [-0.2, -0.15) is 10.2 Å². The Morgan fingerprint density at radius 3 is 2.85 bits per heavy atom. The molecule has 0 atom stereocenters. The van der Waals surface area contributed by atoms with Crippen molar-refractivity contribution >= 4 is 39.0 Å². The molecule has 0 bridgehead atoms. The average Bonchev–Trinajstić information content (AvgIpc) is 2.82. The Kier molecular flexibility index (Phi) is 4.87. The van der Waals surface area contributed by atoms with E-state index in [2.05, 4.69) is 21.4 Å². The molecule has 11 heteroatoms. The minimum Gasteiger partial charge on any atom is -0.491 e. The van der Waals surface area contributed by atoms with Crippen molar-refractivity contribution in [3.63, 3.8) is 0 Å². The quantitative estimate of drug-likeness (QED) is 0.629. The van der Waals surface area contributed by atoms with E-state index >= 15 is 0 Å². The summed E-state index contributed by atoms with van der Waals surface area (Å²) < 4.78 is 30.1. The predicted octanol–water partition coefficient (Wildman–Crippen LogP) is 2.83. The first-order valence-corrected chi connectivity index (χ1v) is 11.7. The SMILES string of the molecule is CN1C(=O)N(c2ccccc2C#N)Cc2cnc(Nc3ccc4c(c3)S(=O)(=O)CCO4)nc21. The van der Waals surface area contributed by atoms with Gasteiger partial charge in [0.1, 0.15) is 29.1 Å². The van der Waals surface area contributed by atoms with Gasteiger partial charge < -0.3 is 10.1 Å². The highest BCUT2D eigenvalue weighted by Gasteiger charge is 2.32. The molecule has 166 valence electrons. The number of nitriles is 1. The van der Waals surface area contributed by atoms with Gasteiger partial charge in [-0.15, -0.1) is 0 Å². The van der Waals surface area contributed by atoms with Crippen LogP contribution in [0.25, 0.3) is 0 Å². The summed E-state index contributed by atoms with van der Waals surface area (Å²) in [6.45, 7) is 0.345. The normalized spacial score (nSPS) is 16.3. The average molecular weight is 462 g/mol. The molecule has 33 heavy (non-hydrogen) atoms. The number of carbonyl (C=O) groups is 1. The van der Waals surface area contributed by atoms with E-state index in [0.717, 1.165) is 0 Å². The molecule has 0 saturated carbocycles. The molecule has 5 rings (SSSR count). The van der Waals surface area contributed by atoms with Gasteiger partial charge in [0.05, 0.1) is 23.5 Å². The van der Waals surface area contributed by atoms with Gasteiger partial charge in [0.2, 0.25) is 5.95 Å². The van der Waals surface area contributed by atoms with Crippen LogP contribution in [0.15, 0.2) is 53.6 Å². The number of rotatable bonds is 3. The minimum absolute atomic E-state index is 0.0723. The number of aromatic nitrogens is 2. The van der Waals surface area contributed by atoms with Crippen molar-refractivity contribution < 1.29 is 17.9 Å². The molecule has 1 aromatic heterocycles. The van der Waals surface area contributed by atoms with Crippen molar-refractivity contribution in [3.05, 3.63) is 59.8 Å². The van der Waals surface area contributed by atoms with Crippen LogP contribution >= 0.6 is 0 Å². The highest BCUT2D eigenvalue weighted by atomic mass is 32.2. The van der Waals surface area contributed by atoms with Crippen LogP contribution in [0.4, 0.5) is 27.9 Å². The third-order valence-corrected chi connectivity index (χ3v) is 7.16. The molecule has 0 aliphatic carbocycles. The van der Waals surface area contributed by atoms with Crippen molar-refractivity contribution in [2.24, 2.45) is 0 Å². The van der Waals surface area contributed by atoms with Crippen LogP contribution in [0, 0.1) is 11.3 Å². The molecule has 0 fully saturated rings. The number of nitrogens with one attached hydrogen (secondary N) is 1. The Balaban J connectivity index is 1.45. The fourth-order valence-corrected chi connectivity index (χ4v) is 5.07. The van der Waals surface area contributed by atoms with Crippen molar-refractivity contribution in [2.75, 3.05) is 34.5 Å². The Hall–Kier alpha value is -4.17. The van der Waals surface area contributed by atoms with E-state index in [9.17, 15) is 18.5 Å². The highest BCUT2D eigenvalue weighted by Crippen LogP contribution is 2.34. The zero-order valence-corrected chi connectivity index (χ0v) is 18.3. The Morgan fingerprint density at radius 2 is 2.03 bits per heavy atom. The van der Waals surface area contributed by atoms with Crippen molar-refractivity contribution in [3.8, 4) is 11.8 Å². The summed E-state index contributed by atoms with van der Waals surface area (Å²) in [7, 11) is -1.81. The van der Waals surface area contributed by atoms with E-state index in [4.69, 9.17) is 4.74 Å². The molecular weight excluding hydrogens is 444 g/mol. The standard InChI is InChI=1S/C22H18N6O4S/c1-27-20-15(13-28(22(27)29)17-5-3-2-4-14(17)11-23)12-24-21(26-20)25-16-6-7-18-19(10-16)33(30,31)9-8-32-18/h2-7,10,12H,8-9,13H2,1H3,(H,24,25,26). The topological polar surface area (TPSA) is 129 Å². The number of carbonyl (C=O) groups excluding carboxylic acids is 1. The van der Waals surface area contributed by atoms with Crippen LogP contribution in [0.3, 0.4) is 0 Å². The van der Waals surface area contributed by atoms with Gasteiger partial charge in [-0.05, 0) is 30.3 Å². The molecule has 2 aliphatic rings. The summed E-state index contributed by atoms with van der Waals surface area (Å²) in [6, 6.07) is 13.4. The highest BCUT2D eigenvalue weighted by molar-refractivity contribution is 7.91. The lowest BCUT2D eigenvalue weighted by Crippen LogP contribution is -2.46. The van der Waals surface area contributed by atoms with E-state index in [-0.39, 0.29) is 35.8 Å². The van der Waals surface area contributed by atoms with Gasteiger partial charge >= 0.3 is 6.03 Å². The van der Waals surface area contributed by atoms with Gasteiger partial charge in [-0.25, -0.2) is 18.2 Å². The summed E-state index contributed by atoms with van der Waals surface area (Å²) in [6.07, 6.45) is 1.61. The lowest BCUT2D eigenvalue weighted by molar-refractivity contribution is 0.251. The fraction of sp³-hybridized carbons (Fsp3) is 0.182. The maximum absolute atomic E-state index is 13.0. The maximum atomic E-state index is 13.0. The molecule has 2 amide bonds. The van der Waals surface area contributed by atoms with Gasteiger partial charge in [0, 0.05) is 24.5 Å². The first-order chi connectivity index (χ1) is 15.9. The summed E-state index contributed by atoms with van der Waals surface area (Å²) in [5.41, 5.74) is 2.10. The predicted molar refractivity (Wildman–Crippen MR) is 120 cm³/mol. The molecule has 0 saturated heterocycles. The number of amides is 2. The van der Waals surface area contributed by atoms with Crippen LogP contribution < -0.4 is 19.9 Å². The molecule has 2 aliphatic heterocycles. The molecule has 3 aromatic rings. The number of sulfone groups is 1. The van der Waals surface area contributed by atoms with Crippen molar-refractivity contribution in [1.82, 2.24) is 9.97 Å². The minimum atomic E-state index is -3.41. The first-order valence-electron chi connectivity index (χ1n) is 10.0. The molecule has 0 spiro atoms. The molecule has 0 radical (unpaired) electrons. The maximum Gasteiger partial charge on any atom is 0.330 e. The van der Waals surface area contributed by atoms with Gasteiger partial charge in [0.25, 0.3) is 0 Å². The number of para-hydroxylation sites is 1. The molecule has 1 N–H and O–H groups in total. The number of nitrogens with zero attached hydrogens (tertiary/aromatic N) is 5. The molecule has 10 nitrogen and oxygen atoms in total. The fourth-order valence-electron chi connectivity index (χ4n) is 3.81. The number of hydrogen-bond acceptors (Lipinski definition) is 8. The second-order valence-corrected chi connectivity index (χ2v) is 9.63. The monoisotopic (exact) mass is 462 g/mol. The molecule has 0 unspecified atom stereocenters. The van der Waals surface area contributed by atoms with E-state index in [1.54, 1.807) is 49.6 Å². The lowest BCUT2D eigenvalue weighted by Gasteiger charge is -2.34. The number of fused-ring (bicyclic) bond motifs is 2. The molecule has 2 aromatic carbocycles. The summed E-state index contributed by atoms with van der Waals surface area (Å²) in [4.78, 5) is 24.9. The van der Waals surface area contributed by atoms with E-state index in [1.165, 1.54) is 15.9 Å². The van der Waals surface area contributed by atoms with Crippen LogP contribution in [0.1, 0.15) is 11.1 Å². The number of benzene rings is 2. The van der Waals surface area contributed by atoms with Crippen molar-refractivity contribution in [2.45, 2.75) is 11.4 Å². The van der Waals surface area contributed by atoms with Gasteiger partial charge in [-0.3, -0.25) is 9.80 Å². The zero-order chi connectivity index (χ0) is 23.2. The van der Waals surface area contributed by atoms with E-state index in [0.29, 0.717) is 34.1 Å². The molecular formula is C22H18N6O4S. The van der Waals surface area contributed by atoms with Crippen LogP contribution in [-0.2, 0) is 16.4 Å². The number of urea groups is 1. The number of anilines is 4. The summed E-state index contributed by atoms with van der Waals surface area (Å²) in [5.74, 6) is 0.892. The van der Waals surface area contributed by atoms with Gasteiger partial charge in [0.15, 0.2) is 9.84 Å². The van der Waals surface area contributed by atoms with Crippen LogP contribution in [0.5, 0.6) is 5.75 Å². The van der Waals surface area contributed by atoms with Crippen molar-refractivity contribution in [1.29, 1.82) is 5.26 Å². The second-order valence-electron chi connectivity index (χ2n) is 7.55. The van der Waals surface area contributed by atoms with Gasteiger partial charge in [-0.1, -0.05) is 12.1 Å². The Labute approximate surface area is 190 Å². The summed E-state index contributed by atoms with van der Waals surface area (Å²) >= 11 is 0. The Bertz CT molecular complexity index is 1430. The first kappa shape index (κ1) is 20.7. The van der Waals surface area contributed by atoms with Crippen LogP contribution in [-0.4, -0.2) is 43.8 Å². The Morgan fingerprint density at radius 1 is 1.21 bits per heavy atom.